The summed E-state index contributed by atoms with van der Waals surface area (Å²) in [5.74, 6) is 0.776. The first kappa shape index (κ1) is 19.9. The van der Waals surface area contributed by atoms with Gasteiger partial charge in [0, 0.05) is 19.0 Å². The number of ether oxygens (including phenoxy) is 2. The number of nitrogens with one attached hydrogen (secondary N) is 1. The maximum atomic E-state index is 12.2. The molecule has 2 aliphatic rings. The standard InChI is InChI=1S/C19H25F3N2O3/c1-26-15-4-2-13(3-5-15)9-24-7-6-16-14(10-24)11-27-17(16)8-18(25)23-12-19(20,21)22/h2-5,14,16-17H,6-12H2,1H3,(H,23,25)/t14-,16-,17+/m1/s1. The number of halogens is 3. The first-order valence-corrected chi connectivity index (χ1v) is 9.14. The monoisotopic (exact) mass is 386 g/mol. The van der Waals surface area contributed by atoms with Gasteiger partial charge in [0.15, 0.2) is 0 Å². The number of likely N-dealkylation sites (tertiary alicyclic amines) is 1. The highest BCUT2D eigenvalue weighted by Crippen LogP contribution is 2.36. The molecule has 1 N–H and O–H groups in total. The van der Waals surface area contributed by atoms with Crippen molar-refractivity contribution in [2.75, 3.05) is 33.4 Å². The van der Waals surface area contributed by atoms with Crippen LogP contribution in [0.3, 0.4) is 0 Å². The van der Waals surface area contributed by atoms with Gasteiger partial charge in [0.05, 0.1) is 26.2 Å². The van der Waals surface area contributed by atoms with E-state index in [1.54, 1.807) is 7.11 Å². The van der Waals surface area contributed by atoms with Crippen molar-refractivity contribution in [3.63, 3.8) is 0 Å². The third kappa shape index (κ3) is 5.59. The van der Waals surface area contributed by atoms with E-state index < -0.39 is 18.6 Å². The van der Waals surface area contributed by atoms with Crippen molar-refractivity contribution in [1.29, 1.82) is 0 Å². The third-order valence-electron chi connectivity index (χ3n) is 5.32. The van der Waals surface area contributed by atoms with Crippen molar-refractivity contribution in [3.8, 4) is 5.75 Å². The van der Waals surface area contributed by atoms with Gasteiger partial charge in [-0.15, -0.1) is 0 Å². The zero-order valence-corrected chi connectivity index (χ0v) is 15.3. The normalized spacial score (nSPS) is 25.9. The lowest BCUT2D eigenvalue weighted by atomic mass is 9.83. The Bertz CT molecular complexity index is 636. The average Bonchev–Trinajstić information content (AvgIpc) is 3.02. The molecule has 5 nitrogen and oxygen atoms in total. The van der Waals surface area contributed by atoms with E-state index in [2.05, 4.69) is 4.90 Å². The van der Waals surface area contributed by atoms with Crippen LogP contribution >= 0.6 is 0 Å². The largest absolute Gasteiger partial charge is 0.497 e. The predicted octanol–water partition coefficient (Wildman–Crippen LogP) is 2.60. The molecule has 3 atom stereocenters. The Labute approximate surface area is 156 Å². The molecule has 2 fully saturated rings. The molecular weight excluding hydrogens is 361 g/mol. The molecule has 0 saturated carbocycles. The van der Waals surface area contributed by atoms with Crippen LogP contribution in [0.25, 0.3) is 0 Å². The molecule has 2 saturated heterocycles. The fourth-order valence-corrected chi connectivity index (χ4v) is 3.96. The van der Waals surface area contributed by atoms with Crippen LogP contribution in [0.15, 0.2) is 24.3 Å². The van der Waals surface area contributed by atoms with Gasteiger partial charge in [-0.2, -0.15) is 13.2 Å². The van der Waals surface area contributed by atoms with Crippen LogP contribution in [0, 0.1) is 11.8 Å². The summed E-state index contributed by atoms with van der Waals surface area (Å²) >= 11 is 0. The smallest absolute Gasteiger partial charge is 0.405 e. The summed E-state index contributed by atoms with van der Waals surface area (Å²) in [6.45, 7) is 1.86. The Kier molecular flexibility index (Phi) is 6.26. The second kappa shape index (κ2) is 8.48. The van der Waals surface area contributed by atoms with Gasteiger partial charge < -0.3 is 14.8 Å². The van der Waals surface area contributed by atoms with Crippen LogP contribution in [0.4, 0.5) is 13.2 Å². The lowest BCUT2D eigenvalue weighted by Crippen LogP contribution is -2.42. The molecule has 2 heterocycles. The van der Waals surface area contributed by atoms with E-state index in [4.69, 9.17) is 9.47 Å². The van der Waals surface area contributed by atoms with E-state index in [1.165, 1.54) is 5.56 Å². The van der Waals surface area contributed by atoms with Gasteiger partial charge in [-0.05, 0) is 36.6 Å². The van der Waals surface area contributed by atoms with Crippen LogP contribution < -0.4 is 10.1 Å². The minimum absolute atomic E-state index is 0.00424. The molecule has 2 aliphatic heterocycles. The van der Waals surface area contributed by atoms with Gasteiger partial charge in [0.2, 0.25) is 5.91 Å². The number of methoxy groups -OCH3 is 1. The van der Waals surface area contributed by atoms with E-state index in [0.29, 0.717) is 12.5 Å². The molecule has 1 amide bonds. The molecule has 1 aromatic rings. The van der Waals surface area contributed by atoms with Crippen molar-refractivity contribution < 1.29 is 27.4 Å². The Hall–Kier alpha value is -1.80. The Balaban J connectivity index is 1.47. The highest BCUT2D eigenvalue weighted by molar-refractivity contribution is 5.76. The number of nitrogens with zero attached hydrogens (tertiary/aromatic N) is 1. The van der Waals surface area contributed by atoms with Gasteiger partial charge in [-0.1, -0.05) is 12.1 Å². The molecule has 0 aromatic heterocycles. The van der Waals surface area contributed by atoms with Gasteiger partial charge in [0.1, 0.15) is 12.3 Å². The predicted molar refractivity (Wildman–Crippen MR) is 93.3 cm³/mol. The highest BCUT2D eigenvalue weighted by atomic mass is 19.4. The van der Waals surface area contributed by atoms with Gasteiger partial charge in [-0.3, -0.25) is 9.69 Å². The number of amides is 1. The first-order valence-electron chi connectivity index (χ1n) is 9.14. The minimum atomic E-state index is -4.39. The fourth-order valence-electron chi connectivity index (χ4n) is 3.96. The van der Waals surface area contributed by atoms with E-state index >= 15 is 0 Å². The van der Waals surface area contributed by atoms with Crippen molar-refractivity contribution in [1.82, 2.24) is 10.2 Å². The summed E-state index contributed by atoms with van der Waals surface area (Å²) in [5, 5.41) is 1.93. The Morgan fingerprint density at radius 1 is 1.33 bits per heavy atom. The lowest BCUT2D eigenvalue weighted by Gasteiger charge is -2.35. The fraction of sp³-hybridized carbons (Fsp3) is 0.632. The van der Waals surface area contributed by atoms with Crippen molar-refractivity contribution in [2.45, 2.75) is 31.7 Å². The van der Waals surface area contributed by atoms with E-state index in [1.807, 2.05) is 29.6 Å². The van der Waals surface area contributed by atoms with Crippen LogP contribution in [-0.4, -0.2) is 56.4 Å². The highest BCUT2D eigenvalue weighted by Gasteiger charge is 2.41. The van der Waals surface area contributed by atoms with Crippen LogP contribution in [0.2, 0.25) is 0 Å². The summed E-state index contributed by atoms with van der Waals surface area (Å²) in [5.41, 5.74) is 1.20. The Morgan fingerprint density at radius 2 is 2.07 bits per heavy atom. The van der Waals surface area contributed by atoms with Crippen molar-refractivity contribution >= 4 is 5.91 Å². The summed E-state index contributed by atoms with van der Waals surface area (Å²) < 4.78 is 47.5. The number of carbonyl (C=O) groups is 1. The minimum Gasteiger partial charge on any atom is -0.497 e. The summed E-state index contributed by atoms with van der Waals surface area (Å²) in [6, 6.07) is 7.97. The number of hydrogen-bond acceptors (Lipinski definition) is 4. The topological polar surface area (TPSA) is 50.8 Å². The molecular formula is C19H25F3N2O3. The quantitative estimate of drug-likeness (QED) is 0.817. The van der Waals surface area contributed by atoms with Crippen LogP contribution in [0.5, 0.6) is 5.75 Å². The first-order chi connectivity index (χ1) is 12.8. The number of carbonyl (C=O) groups excluding carboxylic acids is 1. The number of rotatable bonds is 6. The number of benzene rings is 1. The van der Waals surface area contributed by atoms with E-state index in [-0.39, 0.29) is 18.4 Å². The second-order valence-corrected chi connectivity index (χ2v) is 7.26. The van der Waals surface area contributed by atoms with E-state index in [9.17, 15) is 18.0 Å². The molecule has 0 radical (unpaired) electrons. The Morgan fingerprint density at radius 3 is 2.74 bits per heavy atom. The molecule has 0 bridgehead atoms. The molecule has 150 valence electrons. The lowest BCUT2D eigenvalue weighted by molar-refractivity contribution is -0.140. The number of hydrogen-bond donors (Lipinski definition) is 1. The summed E-state index contributed by atoms with van der Waals surface area (Å²) in [4.78, 5) is 14.1. The molecule has 0 spiro atoms. The molecule has 27 heavy (non-hydrogen) atoms. The third-order valence-corrected chi connectivity index (χ3v) is 5.32. The van der Waals surface area contributed by atoms with Crippen molar-refractivity contribution in [3.05, 3.63) is 29.8 Å². The molecule has 3 rings (SSSR count). The second-order valence-electron chi connectivity index (χ2n) is 7.26. The SMILES string of the molecule is COc1ccc(CN2CC[C@@H]3[C@@H](CO[C@H]3CC(=O)NCC(F)(F)F)C2)cc1. The zero-order valence-electron chi connectivity index (χ0n) is 15.3. The van der Waals surface area contributed by atoms with Gasteiger partial charge >= 0.3 is 6.18 Å². The number of alkyl halides is 3. The summed E-state index contributed by atoms with van der Waals surface area (Å²) in [6.07, 6.45) is -3.79. The van der Waals surface area contributed by atoms with E-state index in [0.717, 1.165) is 31.8 Å². The molecule has 0 aliphatic carbocycles. The molecule has 0 unspecified atom stereocenters. The van der Waals surface area contributed by atoms with Gasteiger partial charge in [-0.25, -0.2) is 0 Å². The van der Waals surface area contributed by atoms with Crippen LogP contribution in [0.1, 0.15) is 18.4 Å². The summed E-state index contributed by atoms with van der Waals surface area (Å²) in [7, 11) is 1.64. The average molecular weight is 386 g/mol. The maximum Gasteiger partial charge on any atom is 0.405 e. The zero-order chi connectivity index (χ0) is 19.4. The van der Waals surface area contributed by atoms with Crippen LogP contribution in [-0.2, 0) is 16.1 Å². The molecule has 8 heteroatoms. The van der Waals surface area contributed by atoms with Gasteiger partial charge in [0.25, 0.3) is 0 Å². The molecule has 1 aromatic carbocycles. The number of piperidine rings is 1. The maximum absolute atomic E-state index is 12.2. The van der Waals surface area contributed by atoms with Crippen molar-refractivity contribution in [2.24, 2.45) is 11.8 Å². The number of fused-ring (bicyclic) bond motifs is 1.